The standard InChI is InChI=1S/C18H26F2N4O3/c1-4-21-18(24-9-7-23(8-10-24)13(2)25)22-12-14-5-6-15(26-3)16(11-14)27-17(19)20/h5-6,11,17H,4,7-10,12H2,1-3H3,(H,21,22). The van der Waals surface area contributed by atoms with Crippen molar-refractivity contribution in [3.8, 4) is 11.5 Å². The molecular formula is C18H26F2N4O3. The number of alkyl halides is 2. The Labute approximate surface area is 157 Å². The number of piperazine rings is 1. The molecule has 150 valence electrons. The maximum atomic E-state index is 12.6. The van der Waals surface area contributed by atoms with Crippen molar-refractivity contribution >= 4 is 11.9 Å². The first-order valence-electron chi connectivity index (χ1n) is 8.85. The number of benzene rings is 1. The molecule has 1 aliphatic heterocycles. The molecule has 0 saturated carbocycles. The Morgan fingerprint density at radius 1 is 1.22 bits per heavy atom. The third-order valence-electron chi connectivity index (χ3n) is 4.21. The maximum Gasteiger partial charge on any atom is 0.387 e. The first-order valence-corrected chi connectivity index (χ1v) is 8.85. The van der Waals surface area contributed by atoms with Gasteiger partial charge >= 0.3 is 6.61 Å². The van der Waals surface area contributed by atoms with Gasteiger partial charge in [-0.15, -0.1) is 0 Å². The highest BCUT2D eigenvalue weighted by molar-refractivity contribution is 5.80. The highest BCUT2D eigenvalue weighted by Gasteiger charge is 2.21. The number of nitrogens with one attached hydrogen (secondary N) is 1. The van der Waals surface area contributed by atoms with Gasteiger partial charge in [-0.05, 0) is 24.6 Å². The van der Waals surface area contributed by atoms with E-state index in [0.717, 1.165) is 11.5 Å². The van der Waals surface area contributed by atoms with Crippen LogP contribution in [0.4, 0.5) is 8.78 Å². The van der Waals surface area contributed by atoms with E-state index in [1.54, 1.807) is 24.0 Å². The summed E-state index contributed by atoms with van der Waals surface area (Å²) < 4.78 is 34.7. The zero-order chi connectivity index (χ0) is 19.8. The molecule has 2 rings (SSSR count). The van der Waals surface area contributed by atoms with Crippen molar-refractivity contribution in [2.24, 2.45) is 4.99 Å². The molecule has 0 atom stereocenters. The average Bonchev–Trinajstić information content (AvgIpc) is 2.65. The van der Waals surface area contributed by atoms with Gasteiger partial charge in [-0.1, -0.05) is 6.07 Å². The summed E-state index contributed by atoms with van der Waals surface area (Å²) in [6.07, 6.45) is 0. The summed E-state index contributed by atoms with van der Waals surface area (Å²) in [6, 6.07) is 4.85. The van der Waals surface area contributed by atoms with Crippen molar-refractivity contribution in [1.29, 1.82) is 0 Å². The zero-order valence-electron chi connectivity index (χ0n) is 15.9. The topological polar surface area (TPSA) is 66.4 Å². The van der Waals surface area contributed by atoms with E-state index in [1.807, 2.05) is 6.92 Å². The SMILES string of the molecule is CCNC(=NCc1ccc(OC)c(OC(F)F)c1)N1CCN(C(C)=O)CC1. The molecule has 0 aliphatic carbocycles. The van der Waals surface area contributed by atoms with Gasteiger partial charge in [0, 0.05) is 39.6 Å². The van der Waals surface area contributed by atoms with Gasteiger partial charge in [0.1, 0.15) is 0 Å². The van der Waals surface area contributed by atoms with E-state index in [9.17, 15) is 13.6 Å². The molecule has 1 heterocycles. The summed E-state index contributed by atoms with van der Waals surface area (Å²) in [5.41, 5.74) is 0.726. The van der Waals surface area contributed by atoms with E-state index in [-0.39, 0.29) is 17.4 Å². The lowest BCUT2D eigenvalue weighted by atomic mass is 10.2. The minimum atomic E-state index is -2.92. The van der Waals surface area contributed by atoms with Crippen molar-refractivity contribution in [3.63, 3.8) is 0 Å². The van der Waals surface area contributed by atoms with Crippen LogP contribution in [0.25, 0.3) is 0 Å². The molecule has 0 spiro atoms. The normalized spacial score (nSPS) is 15.1. The van der Waals surface area contributed by atoms with Gasteiger partial charge in [0.05, 0.1) is 13.7 Å². The van der Waals surface area contributed by atoms with Gasteiger partial charge in [-0.3, -0.25) is 4.79 Å². The monoisotopic (exact) mass is 384 g/mol. The van der Waals surface area contributed by atoms with Crippen molar-refractivity contribution in [1.82, 2.24) is 15.1 Å². The van der Waals surface area contributed by atoms with Gasteiger partial charge in [-0.2, -0.15) is 8.78 Å². The highest BCUT2D eigenvalue weighted by atomic mass is 19.3. The molecule has 1 aromatic rings. The number of carbonyl (C=O) groups excluding carboxylic acids is 1. The molecule has 0 bridgehead atoms. The number of hydrogen-bond acceptors (Lipinski definition) is 4. The molecule has 7 nitrogen and oxygen atoms in total. The smallest absolute Gasteiger partial charge is 0.387 e. The van der Waals surface area contributed by atoms with Crippen LogP contribution in [0, 0.1) is 0 Å². The van der Waals surface area contributed by atoms with Gasteiger partial charge in [0.15, 0.2) is 17.5 Å². The molecule has 1 fully saturated rings. The van der Waals surface area contributed by atoms with Crippen LogP contribution in [0.2, 0.25) is 0 Å². The summed E-state index contributed by atoms with van der Waals surface area (Å²) in [5.74, 6) is 1.03. The minimum Gasteiger partial charge on any atom is -0.493 e. The van der Waals surface area contributed by atoms with Gasteiger partial charge in [0.2, 0.25) is 5.91 Å². The average molecular weight is 384 g/mol. The first kappa shape index (κ1) is 20.7. The largest absolute Gasteiger partial charge is 0.493 e. The van der Waals surface area contributed by atoms with Gasteiger partial charge in [-0.25, -0.2) is 4.99 Å². The molecule has 1 N–H and O–H groups in total. The van der Waals surface area contributed by atoms with E-state index >= 15 is 0 Å². The number of ether oxygens (including phenoxy) is 2. The number of nitrogens with zero attached hydrogens (tertiary/aromatic N) is 3. The Kier molecular flexibility index (Phi) is 7.63. The van der Waals surface area contributed by atoms with Crippen LogP contribution in [0.1, 0.15) is 19.4 Å². The van der Waals surface area contributed by atoms with Crippen LogP contribution < -0.4 is 14.8 Å². The third kappa shape index (κ3) is 5.97. The summed E-state index contributed by atoms with van der Waals surface area (Å²) in [6.45, 7) is 4.30. The van der Waals surface area contributed by atoms with Crippen LogP contribution in [0.15, 0.2) is 23.2 Å². The number of guanidine groups is 1. The fourth-order valence-electron chi connectivity index (χ4n) is 2.83. The van der Waals surface area contributed by atoms with E-state index in [0.29, 0.717) is 39.3 Å². The number of aliphatic imine (C=N–C) groups is 1. The summed E-state index contributed by atoms with van der Waals surface area (Å²) in [7, 11) is 1.40. The van der Waals surface area contributed by atoms with Crippen LogP contribution in [0.3, 0.4) is 0 Å². The van der Waals surface area contributed by atoms with Crippen LogP contribution >= 0.6 is 0 Å². The number of halogens is 2. The predicted molar refractivity (Wildman–Crippen MR) is 98.3 cm³/mol. The Morgan fingerprint density at radius 2 is 1.89 bits per heavy atom. The molecule has 9 heteroatoms. The molecule has 1 amide bonds. The Hall–Kier alpha value is -2.58. The van der Waals surface area contributed by atoms with Crippen molar-refractivity contribution in [2.45, 2.75) is 27.0 Å². The summed E-state index contributed by atoms with van der Waals surface area (Å²) in [4.78, 5) is 19.9. The highest BCUT2D eigenvalue weighted by Crippen LogP contribution is 2.29. The van der Waals surface area contributed by atoms with E-state index in [4.69, 9.17) is 4.74 Å². The summed E-state index contributed by atoms with van der Waals surface area (Å²) in [5, 5.41) is 3.23. The molecule has 27 heavy (non-hydrogen) atoms. The molecule has 0 unspecified atom stereocenters. The molecule has 0 radical (unpaired) electrons. The fraction of sp³-hybridized carbons (Fsp3) is 0.556. The second-order valence-electron chi connectivity index (χ2n) is 6.03. The minimum absolute atomic E-state index is 0.0136. The van der Waals surface area contributed by atoms with Crippen LogP contribution in [-0.2, 0) is 11.3 Å². The number of hydrogen-bond donors (Lipinski definition) is 1. The molecule has 1 aliphatic rings. The van der Waals surface area contributed by atoms with Crippen molar-refractivity contribution in [3.05, 3.63) is 23.8 Å². The Bertz CT molecular complexity index is 662. The van der Waals surface area contributed by atoms with Gasteiger partial charge < -0.3 is 24.6 Å². The second-order valence-corrected chi connectivity index (χ2v) is 6.03. The van der Waals surface area contributed by atoms with E-state index in [2.05, 4.69) is 19.9 Å². The maximum absolute atomic E-state index is 12.6. The number of methoxy groups -OCH3 is 1. The molecular weight excluding hydrogens is 358 g/mol. The lowest BCUT2D eigenvalue weighted by Crippen LogP contribution is -2.53. The Morgan fingerprint density at radius 3 is 2.44 bits per heavy atom. The van der Waals surface area contributed by atoms with Crippen LogP contribution in [-0.4, -0.2) is 68.1 Å². The van der Waals surface area contributed by atoms with Crippen molar-refractivity contribution < 1.29 is 23.0 Å². The Balaban J connectivity index is 2.09. The first-order chi connectivity index (χ1) is 12.9. The number of amides is 1. The predicted octanol–water partition coefficient (Wildman–Crippen LogP) is 1.93. The van der Waals surface area contributed by atoms with Crippen LogP contribution in [0.5, 0.6) is 11.5 Å². The third-order valence-corrected chi connectivity index (χ3v) is 4.21. The number of rotatable bonds is 6. The van der Waals surface area contributed by atoms with Crippen molar-refractivity contribution in [2.75, 3.05) is 39.8 Å². The van der Waals surface area contributed by atoms with Gasteiger partial charge in [0.25, 0.3) is 0 Å². The number of carbonyl (C=O) groups is 1. The summed E-state index contributed by atoms with van der Waals surface area (Å²) >= 11 is 0. The lowest BCUT2D eigenvalue weighted by Gasteiger charge is -2.36. The quantitative estimate of drug-likeness (QED) is 0.600. The van der Waals surface area contributed by atoms with E-state index < -0.39 is 6.61 Å². The lowest BCUT2D eigenvalue weighted by molar-refractivity contribution is -0.130. The molecule has 1 aromatic carbocycles. The molecule has 0 aromatic heterocycles. The fourth-order valence-corrected chi connectivity index (χ4v) is 2.83. The molecule has 1 saturated heterocycles. The zero-order valence-corrected chi connectivity index (χ0v) is 15.9. The van der Waals surface area contributed by atoms with E-state index in [1.165, 1.54) is 13.2 Å². The second kappa shape index (κ2) is 9.94.